The monoisotopic (exact) mass is 217 g/mol. The van der Waals surface area contributed by atoms with Crippen molar-refractivity contribution >= 4 is 0 Å². The van der Waals surface area contributed by atoms with Gasteiger partial charge < -0.3 is 5.73 Å². The molecule has 15 heavy (non-hydrogen) atoms. The summed E-state index contributed by atoms with van der Waals surface area (Å²) in [6.45, 7) is 7.89. The minimum absolute atomic E-state index is 0.108. The van der Waals surface area contributed by atoms with Crippen molar-refractivity contribution in [3.63, 3.8) is 0 Å². The van der Waals surface area contributed by atoms with Crippen LogP contribution in [0.3, 0.4) is 0 Å². The fourth-order valence-electron chi connectivity index (χ4n) is 0.838. The Morgan fingerprint density at radius 3 is 2.13 bits per heavy atom. The van der Waals surface area contributed by atoms with Gasteiger partial charge in [-0.25, -0.2) is 8.78 Å². The second kappa shape index (κ2) is 11.1. The highest BCUT2D eigenvalue weighted by Gasteiger charge is 2.06. The van der Waals surface area contributed by atoms with Gasteiger partial charge in [0.25, 0.3) is 0 Å². The average molecular weight is 217 g/mol. The van der Waals surface area contributed by atoms with E-state index in [0.29, 0.717) is 5.56 Å². The van der Waals surface area contributed by atoms with Gasteiger partial charge in [0.05, 0.1) is 0 Å². The molecule has 0 spiro atoms. The second-order valence-electron chi connectivity index (χ2n) is 2.26. The van der Waals surface area contributed by atoms with Crippen molar-refractivity contribution in [3.8, 4) is 0 Å². The van der Waals surface area contributed by atoms with Crippen LogP contribution in [0.5, 0.6) is 0 Å². The molecule has 1 atom stereocenters. The molecule has 0 radical (unpaired) electrons. The van der Waals surface area contributed by atoms with Crippen LogP contribution >= 0.6 is 0 Å². The van der Waals surface area contributed by atoms with E-state index in [4.69, 9.17) is 5.73 Å². The Labute approximate surface area is 91.3 Å². The molecule has 0 aliphatic rings. The predicted molar refractivity (Wildman–Crippen MR) is 62.0 cm³/mol. The topological polar surface area (TPSA) is 26.0 Å². The maximum Gasteiger partial charge on any atom is 0.137 e. The van der Waals surface area contributed by atoms with Crippen molar-refractivity contribution in [1.82, 2.24) is 0 Å². The summed E-state index contributed by atoms with van der Waals surface area (Å²) in [6, 6.07) is 5.40. The molecule has 1 rings (SSSR count). The van der Waals surface area contributed by atoms with Gasteiger partial charge in [-0.3, -0.25) is 0 Å². The van der Waals surface area contributed by atoms with Crippen LogP contribution < -0.4 is 5.73 Å². The molecular weight excluding hydrogens is 196 g/mol. The van der Waals surface area contributed by atoms with E-state index in [9.17, 15) is 8.78 Å². The van der Waals surface area contributed by atoms with E-state index >= 15 is 0 Å². The molecule has 88 valence electrons. The van der Waals surface area contributed by atoms with Gasteiger partial charge >= 0.3 is 0 Å². The van der Waals surface area contributed by atoms with Gasteiger partial charge in [-0.1, -0.05) is 39.8 Å². The first kappa shape index (κ1) is 16.5. The maximum atomic E-state index is 12.8. The Morgan fingerprint density at radius 1 is 1.20 bits per heavy atom. The summed E-state index contributed by atoms with van der Waals surface area (Å²) in [7, 11) is 0. The minimum Gasteiger partial charge on any atom is -0.327 e. The van der Waals surface area contributed by atoms with Crippen LogP contribution in [-0.4, -0.2) is 6.54 Å². The highest BCUT2D eigenvalue weighted by molar-refractivity contribution is 5.18. The standard InChI is InChI=1S/C8H9F2N.2C2H6/c9-7-3-1-2-6(4-7)8(10)5-11;2*1-2/h1-4,8H,5,11H2;2*1-2H3. The third-order valence-electron chi connectivity index (χ3n) is 1.42. The molecule has 2 N–H and O–H groups in total. The molecular formula is C12H21F2N. The number of hydrogen-bond acceptors (Lipinski definition) is 1. The summed E-state index contributed by atoms with van der Waals surface area (Å²) in [5.41, 5.74) is 5.36. The first-order chi connectivity index (χ1) is 7.24. The molecule has 0 saturated heterocycles. The number of benzene rings is 1. The smallest absolute Gasteiger partial charge is 0.137 e. The molecule has 1 aromatic carbocycles. The van der Waals surface area contributed by atoms with Gasteiger partial charge in [0.2, 0.25) is 0 Å². The van der Waals surface area contributed by atoms with Crippen molar-refractivity contribution in [2.45, 2.75) is 33.9 Å². The summed E-state index contributed by atoms with van der Waals surface area (Å²) in [5.74, 6) is -0.432. The molecule has 3 heteroatoms. The second-order valence-corrected chi connectivity index (χ2v) is 2.26. The zero-order chi connectivity index (χ0) is 12.3. The zero-order valence-corrected chi connectivity index (χ0v) is 9.93. The third-order valence-corrected chi connectivity index (χ3v) is 1.42. The quantitative estimate of drug-likeness (QED) is 0.800. The van der Waals surface area contributed by atoms with E-state index in [-0.39, 0.29) is 6.54 Å². The Hall–Kier alpha value is -0.960. The van der Waals surface area contributed by atoms with Crippen molar-refractivity contribution in [3.05, 3.63) is 35.6 Å². The Morgan fingerprint density at radius 2 is 1.73 bits per heavy atom. The largest absolute Gasteiger partial charge is 0.327 e. The fourth-order valence-corrected chi connectivity index (χ4v) is 0.838. The van der Waals surface area contributed by atoms with E-state index in [1.807, 2.05) is 27.7 Å². The van der Waals surface area contributed by atoms with E-state index in [1.165, 1.54) is 18.2 Å². The summed E-state index contributed by atoms with van der Waals surface area (Å²) in [4.78, 5) is 0. The highest BCUT2D eigenvalue weighted by Crippen LogP contribution is 2.15. The van der Waals surface area contributed by atoms with E-state index in [0.717, 1.165) is 6.07 Å². The summed E-state index contributed by atoms with van der Waals surface area (Å²) < 4.78 is 25.2. The van der Waals surface area contributed by atoms with E-state index in [1.54, 1.807) is 0 Å². The van der Waals surface area contributed by atoms with Crippen LogP contribution in [0.4, 0.5) is 8.78 Å². The van der Waals surface area contributed by atoms with Crippen LogP contribution in [-0.2, 0) is 0 Å². The van der Waals surface area contributed by atoms with Crippen LogP contribution in [0.1, 0.15) is 39.4 Å². The van der Waals surface area contributed by atoms with Gasteiger partial charge in [0, 0.05) is 6.54 Å². The molecule has 0 saturated carbocycles. The maximum absolute atomic E-state index is 12.8. The molecule has 0 bridgehead atoms. The lowest BCUT2D eigenvalue weighted by Gasteiger charge is -2.03. The summed E-state index contributed by atoms with van der Waals surface area (Å²) in [5, 5.41) is 0. The van der Waals surface area contributed by atoms with E-state index in [2.05, 4.69) is 0 Å². The average Bonchev–Trinajstić information content (AvgIpc) is 2.33. The normalized spacial score (nSPS) is 10.3. The van der Waals surface area contributed by atoms with Gasteiger partial charge in [-0.15, -0.1) is 0 Å². The number of alkyl halides is 1. The molecule has 1 nitrogen and oxygen atoms in total. The van der Waals surface area contributed by atoms with Crippen LogP contribution in [0, 0.1) is 5.82 Å². The summed E-state index contributed by atoms with van der Waals surface area (Å²) in [6.07, 6.45) is -1.26. The molecule has 0 aromatic heterocycles. The first-order valence-electron chi connectivity index (χ1n) is 5.33. The van der Waals surface area contributed by atoms with Crippen molar-refractivity contribution in [1.29, 1.82) is 0 Å². The number of halogens is 2. The summed E-state index contributed by atoms with van der Waals surface area (Å²) >= 11 is 0. The lowest BCUT2D eigenvalue weighted by atomic mass is 10.1. The van der Waals surface area contributed by atoms with Crippen LogP contribution in [0.15, 0.2) is 24.3 Å². The van der Waals surface area contributed by atoms with Crippen molar-refractivity contribution in [2.75, 3.05) is 6.54 Å². The molecule has 1 aromatic rings. The Bertz CT molecular complexity index is 239. The Kier molecular flexibility index (Phi) is 12.2. The van der Waals surface area contributed by atoms with E-state index < -0.39 is 12.0 Å². The van der Waals surface area contributed by atoms with Crippen molar-refractivity contribution < 1.29 is 8.78 Å². The SMILES string of the molecule is CC.CC.NCC(F)c1cccc(F)c1. The molecule has 1 unspecified atom stereocenters. The molecule has 0 aliphatic heterocycles. The molecule has 0 amide bonds. The van der Waals surface area contributed by atoms with Gasteiger partial charge in [-0.05, 0) is 17.7 Å². The van der Waals surface area contributed by atoms with Crippen molar-refractivity contribution in [2.24, 2.45) is 5.73 Å². The Balaban J connectivity index is 0. The first-order valence-corrected chi connectivity index (χ1v) is 5.33. The molecule has 0 fully saturated rings. The van der Waals surface area contributed by atoms with Crippen LogP contribution in [0.2, 0.25) is 0 Å². The number of hydrogen-bond donors (Lipinski definition) is 1. The molecule has 0 heterocycles. The highest BCUT2D eigenvalue weighted by atomic mass is 19.1. The third kappa shape index (κ3) is 7.03. The lowest BCUT2D eigenvalue weighted by molar-refractivity contribution is 0.351. The van der Waals surface area contributed by atoms with Gasteiger partial charge in [0.1, 0.15) is 12.0 Å². The zero-order valence-electron chi connectivity index (χ0n) is 9.93. The molecule has 0 aliphatic carbocycles. The van der Waals surface area contributed by atoms with Crippen LogP contribution in [0.25, 0.3) is 0 Å². The lowest BCUT2D eigenvalue weighted by Crippen LogP contribution is -2.07. The minimum atomic E-state index is -1.26. The number of rotatable bonds is 2. The van der Waals surface area contributed by atoms with Gasteiger partial charge in [-0.2, -0.15) is 0 Å². The fraction of sp³-hybridized carbons (Fsp3) is 0.500. The van der Waals surface area contributed by atoms with Gasteiger partial charge in [0.15, 0.2) is 0 Å². The predicted octanol–water partition coefficient (Wildman–Crippen LogP) is 3.85. The number of nitrogens with two attached hydrogens (primary N) is 1.